The van der Waals surface area contributed by atoms with E-state index in [1.54, 1.807) is 12.3 Å². The van der Waals surface area contributed by atoms with Gasteiger partial charge in [0.05, 0.1) is 26.9 Å². The molecule has 7 heteroatoms. The molecule has 0 bridgehead atoms. The van der Waals surface area contributed by atoms with Gasteiger partial charge >= 0.3 is 5.97 Å². The Hall–Kier alpha value is -1.89. The van der Waals surface area contributed by atoms with Gasteiger partial charge in [-0.1, -0.05) is 6.92 Å². The fraction of sp³-hybridized carbons (Fsp3) is 0.615. The number of ether oxygens (including phenoxy) is 3. The Kier molecular flexibility index (Phi) is 5.11. The summed E-state index contributed by atoms with van der Waals surface area (Å²) in [5, 5.41) is 0. The lowest BCUT2D eigenvalue weighted by molar-refractivity contribution is -0.154. The predicted molar refractivity (Wildman–Crippen MR) is 71.8 cm³/mol. The van der Waals surface area contributed by atoms with E-state index in [-0.39, 0.29) is 5.97 Å². The van der Waals surface area contributed by atoms with Crippen LogP contribution in [-0.2, 0) is 14.3 Å². The Bertz CT molecular complexity index is 455. The normalized spacial score (nSPS) is 18.7. The molecule has 0 amide bonds. The minimum absolute atomic E-state index is 0.379. The van der Waals surface area contributed by atoms with Crippen molar-refractivity contribution in [1.29, 1.82) is 0 Å². The molecular formula is C13H19N3O4. The number of anilines is 1. The molecule has 1 aromatic rings. The SMILES string of the molecule is CCCOc1ccnc(N2CCOC(C(=O)OC)C2)n1. The van der Waals surface area contributed by atoms with Crippen molar-refractivity contribution in [2.45, 2.75) is 19.4 Å². The maximum Gasteiger partial charge on any atom is 0.336 e. The number of esters is 1. The molecule has 0 N–H and O–H groups in total. The van der Waals surface area contributed by atoms with E-state index < -0.39 is 6.10 Å². The summed E-state index contributed by atoms with van der Waals surface area (Å²) < 4.78 is 15.6. The molecule has 20 heavy (non-hydrogen) atoms. The Balaban J connectivity index is 2.04. The third kappa shape index (κ3) is 3.57. The summed E-state index contributed by atoms with van der Waals surface area (Å²) in [4.78, 5) is 22.0. The van der Waals surface area contributed by atoms with Crippen molar-refractivity contribution >= 4 is 11.9 Å². The van der Waals surface area contributed by atoms with Gasteiger partial charge in [-0.05, 0) is 6.42 Å². The van der Waals surface area contributed by atoms with E-state index in [1.807, 2.05) is 11.8 Å². The predicted octanol–water partition coefficient (Wildman–Crippen LogP) is 0.644. The molecule has 1 aromatic heterocycles. The van der Waals surface area contributed by atoms with E-state index in [0.29, 0.717) is 38.1 Å². The molecule has 0 aliphatic carbocycles. The lowest BCUT2D eigenvalue weighted by Gasteiger charge is -2.31. The molecule has 1 fully saturated rings. The van der Waals surface area contributed by atoms with Gasteiger partial charge in [-0.3, -0.25) is 0 Å². The van der Waals surface area contributed by atoms with Crippen molar-refractivity contribution < 1.29 is 19.0 Å². The molecule has 1 saturated heterocycles. The first kappa shape index (κ1) is 14.5. The number of carbonyl (C=O) groups excluding carboxylic acids is 1. The zero-order valence-corrected chi connectivity index (χ0v) is 11.7. The van der Waals surface area contributed by atoms with Crippen LogP contribution in [0.25, 0.3) is 0 Å². The third-order valence-electron chi connectivity index (χ3n) is 2.88. The van der Waals surface area contributed by atoms with E-state index in [1.165, 1.54) is 7.11 Å². The van der Waals surface area contributed by atoms with Crippen molar-refractivity contribution in [2.75, 3.05) is 38.3 Å². The third-order valence-corrected chi connectivity index (χ3v) is 2.88. The number of methoxy groups -OCH3 is 1. The summed E-state index contributed by atoms with van der Waals surface area (Å²) in [6.45, 7) is 4.09. The van der Waals surface area contributed by atoms with Crippen LogP contribution >= 0.6 is 0 Å². The van der Waals surface area contributed by atoms with Crippen LogP contribution in [0, 0.1) is 0 Å². The van der Waals surface area contributed by atoms with Crippen LogP contribution in [0.1, 0.15) is 13.3 Å². The second-order valence-corrected chi connectivity index (χ2v) is 4.37. The quantitative estimate of drug-likeness (QED) is 0.733. The second kappa shape index (κ2) is 7.04. The standard InChI is InChI=1S/C13H19N3O4/c1-3-7-20-11-4-5-14-13(15-11)16-6-8-19-10(9-16)12(17)18-2/h4-5,10H,3,6-9H2,1-2H3. The van der Waals surface area contributed by atoms with Gasteiger partial charge in [0.1, 0.15) is 0 Å². The molecule has 2 heterocycles. The highest BCUT2D eigenvalue weighted by Crippen LogP contribution is 2.16. The Morgan fingerprint density at radius 1 is 1.60 bits per heavy atom. The smallest absolute Gasteiger partial charge is 0.336 e. The minimum Gasteiger partial charge on any atom is -0.478 e. The molecule has 1 atom stereocenters. The van der Waals surface area contributed by atoms with Crippen molar-refractivity contribution in [1.82, 2.24) is 9.97 Å². The van der Waals surface area contributed by atoms with Crippen LogP contribution in [0.3, 0.4) is 0 Å². The average Bonchev–Trinajstić information content (AvgIpc) is 2.52. The van der Waals surface area contributed by atoms with Gasteiger partial charge in [-0.25, -0.2) is 9.78 Å². The summed E-state index contributed by atoms with van der Waals surface area (Å²) in [6.07, 6.45) is 1.97. The number of hydrogen-bond acceptors (Lipinski definition) is 7. The number of hydrogen-bond donors (Lipinski definition) is 0. The van der Waals surface area contributed by atoms with Crippen LogP contribution in [0.4, 0.5) is 5.95 Å². The molecule has 0 radical (unpaired) electrons. The maximum atomic E-state index is 11.5. The largest absolute Gasteiger partial charge is 0.478 e. The van der Waals surface area contributed by atoms with Crippen molar-refractivity contribution in [2.24, 2.45) is 0 Å². The molecule has 0 aromatic carbocycles. The van der Waals surface area contributed by atoms with E-state index in [2.05, 4.69) is 9.97 Å². The summed E-state index contributed by atoms with van der Waals surface area (Å²) in [7, 11) is 1.35. The van der Waals surface area contributed by atoms with Crippen molar-refractivity contribution in [3.05, 3.63) is 12.3 Å². The van der Waals surface area contributed by atoms with Gasteiger partial charge in [0.25, 0.3) is 0 Å². The topological polar surface area (TPSA) is 73.8 Å². The minimum atomic E-state index is -0.599. The fourth-order valence-electron chi connectivity index (χ4n) is 1.88. The molecule has 0 spiro atoms. The molecule has 1 aliphatic heterocycles. The molecular weight excluding hydrogens is 262 g/mol. The number of rotatable bonds is 5. The second-order valence-electron chi connectivity index (χ2n) is 4.37. The van der Waals surface area contributed by atoms with Gasteiger partial charge in [0.2, 0.25) is 11.8 Å². The monoisotopic (exact) mass is 281 g/mol. The number of carbonyl (C=O) groups is 1. The van der Waals surface area contributed by atoms with Gasteiger partial charge in [0.15, 0.2) is 6.10 Å². The molecule has 0 saturated carbocycles. The van der Waals surface area contributed by atoms with E-state index >= 15 is 0 Å². The van der Waals surface area contributed by atoms with E-state index in [4.69, 9.17) is 14.2 Å². The zero-order chi connectivity index (χ0) is 14.4. The Morgan fingerprint density at radius 3 is 3.20 bits per heavy atom. The van der Waals surface area contributed by atoms with Gasteiger partial charge < -0.3 is 19.1 Å². The van der Waals surface area contributed by atoms with Crippen LogP contribution in [0.2, 0.25) is 0 Å². The highest BCUT2D eigenvalue weighted by atomic mass is 16.6. The summed E-state index contributed by atoms with van der Waals surface area (Å²) >= 11 is 0. The molecule has 1 unspecified atom stereocenters. The van der Waals surface area contributed by atoms with Crippen LogP contribution in [0.5, 0.6) is 5.88 Å². The number of morpholine rings is 1. The average molecular weight is 281 g/mol. The van der Waals surface area contributed by atoms with Crippen molar-refractivity contribution in [3.8, 4) is 5.88 Å². The van der Waals surface area contributed by atoms with Gasteiger partial charge in [-0.2, -0.15) is 4.98 Å². The maximum absolute atomic E-state index is 11.5. The Morgan fingerprint density at radius 2 is 2.45 bits per heavy atom. The molecule has 110 valence electrons. The van der Waals surface area contributed by atoms with Gasteiger partial charge in [-0.15, -0.1) is 0 Å². The van der Waals surface area contributed by atoms with Crippen LogP contribution in [0.15, 0.2) is 12.3 Å². The lowest BCUT2D eigenvalue weighted by atomic mass is 10.3. The van der Waals surface area contributed by atoms with Crippen LogP contribution in [-0.4, -0.2) is 55.5 Å². The van der Waals surface area contributed by atoms with Gasteiger partial charge in [0, 0.05) is 18.8 Å². The first-order chi connectivity index (χ1) is 9.74. The first-order valence-electron chi connectivity index (χ1n) is 6.64. The Labute approximate surface area is 117 Å². The molecule has 2 rings (SSSR count). The van der Waals surface area contributed by atoms with E-state index in [0.717, 1.165) is 6.42 Å². The fourth-order valence-corrected chi connectivity index (χ4v) is 1.88. The first-order valence-corrected chi connectivity index (χ1v) is 6.64. The zero-order valence-electron chi connectivity index (χ0n) is 11.7. The summed E-state index contributed by atoms with van der Waals surface area (Å²) in [6, 6.07) is 1.72. The number of nitrogens with zero attached hydrogens (tertiary/aromatic N) is 3. The molecule has 1 aliphatic rings. The van der Waals surface area contributed by atoms with Crippen LogP contribution < -0.4 is 9.64 Å². The highest BCUT2D eigenvalue weighted by Gasteiger charge is 2.28. The highest BCUT2D eigenvalue weighted by molar-refractivity contribution is 5.75. The summed E-state index contributed by atoms with van der Waals surface area (Å²) in [5.41, 5.74) is 0. The van der Waals surface area contributed by atoms with Crippen molar-refractivity contribution in [3.63, 3.8) is 0 Å². The van der Waals surface area contributed by atoms with E-state index in [9.17, 15) is 4.79 Å². The number of aromatic nitrogens is 2. The lowest BCUT2D eigenvalue weighted by Crippen LogP contribution is -2.47. The molecule has 7 nitrogen and oxygen atoms in total. The summed E-state index contributed by atoms with van der Waals surface area (Å²) in [5.74, 6) is 0.696.